The second-order valence-corrected chi connectivity index (χ2v) is 3.72. The number of ether oxygens (including phenoxy) is 2. The lowest BCUT2D eigenvalue weighted by molar-refractivity contribution is 0.210. The van der Waals surface area contributed by atoms with Gasteiger partial charge in [-0.1, -0.05) is 0 Å². The minimum Gasteiger partial charge on any atom is -0.452 e. The normalized spacial score (nSPS) is 10.1. The summed E-state index contributed by atoms with van der Waals surface area (Å²) >= 11 is 0. The molecule has 2 rings (SSSR count). The van der Waals surface area contributed by atoms with Crippen LogP contribution >= 0.6 is 0 Å². The number of hydrogen-bond acceptors (Lipinski definition) is 6. The number of rotatable bonds is 3. The maximum Gasteiger partial charge on any atom is 0.409 e. The number of amides is 1. The first kappa shape index (κ1) is 13.4. The van der Waals surface area contributed by atoms with Crippen molar-refractivity contribution in [1.82, 2.24) is 4.98 Å². The van der Waals surface area contributed by atoms with Gasteiger partial charge in [0.25, 0.3) is 0 Å². The van der Waals surface area contributed by atoms with Gasteiger partial charge in [0.1, 0.15) is 17.3 Å². The van der Waals surface area contributed by atoms with Crippen molar-refractivity contribution in [2.45, 2.75) is 0 Å². The first-order valence-corrected chi connectivity index (χ1v) is 5.42. The number of anilines is 2. The molecule has 0 aliphatic heterocycles. The molecule has 8 heteroatoms. The first-order chi connectivity index (χ1) is 9.47. The van der Waals surface area contributed by atoms with Crippen LogP contribution in [0.3, 0.4) is 0 Å². The summed E-state index contributed by atoms with van der Waals surface area (Å²) in [7, 11) is 0. The predicted octanol–water partition coefficient (Wildman–Crippen LogP) is 1.63. The highest BCUT2D eigenvalue weighted by atomic mass is 19.1. The van der Waals surface area contributed by atoms with Crippen molar-refractivity contribution < 1.29 is 18.7 Å². The van der Waals surface area contributed by atoms with E-state index in [4.69, 9.17) is 21.9 Å². The molecule has 1 heterocycles. The van der Waals surface area contributed by atoms with Crippen molar-refractivity contribution in [3.63, 3.8) is 0 Å². The fourth-order valence-electron chi connectivity index (χ4n) is 1.42. The summed E-state index contributed by atoms with van der Waals surface area (Å²) in [5.41, 5.74) is 16.1. The zero-order chi connectivity index (χ0) is 14.7. The number of aromatic nitrogens is 1. The molecule has 0 atom stereocenters. The van der Waals surface area contributed by atoms with Crippen LogP contribution in [0.15, 0.2) is 30.5 Å². The Kier molecular flexibility index (Phi) is 3.56. The predicted molar refractivity (Wildman–Crippen MR) is 69.7 cm³/mol. The Morgan fingerprint density at radius 3 is 2.60 bits per heavy atom. The maximum absolute atomic E-state index is 13.8. The Morgan fingerprint density at radius 1 is 1.20 bits per heavy atom. The van der Waals surface area contributed by atoms with Gasteiger partial charge in [-0.25, -0.2) is 14.2 Å². The lowest BCUT2D eigenvalue weighted by Crippen LogP contribution is -2.16. The molecule has 1 amide bonds. The van der Waals surface area contributed by atoms with Gasteiger partial charge in [-0.05, 0) is 12.1 Å². The second-order valence-electron chi connectivity index (χ2n) is 3.72. The number of carbonyl (C=O) groups is 1. The number of hydrogen-bond donors (Lipinski definition) is 3. The number of nitrogens with zero attached hydrogens (tertiary/aromatic N) is 1. The third-order valence-electron chi connectivity index (χ3n) is 2.32. The minimum absolute atomic E-state index is 0.0374. The average Bonchev–Trinajstić information content (AvgIpc) is 2.37. The smallest absolute Gasteiger partial charge is 0.409 e. The van der Waals surface area contributed by atoms with Crippen molar-refractivity contribution in [1.29, 1.82) is 0 Å². The fraction of sp³-hybridized carbons (Fsp3) is 0. The van der Waals surface area contributed by atoms with Crippen molar-refractivity contribution in [3.8, 4) is 17.2 Å². The molecule has 0 saturated carbocycles. The molecule has 0 spiro atoms. The largest absolute Gasteiger partial charge is 0.452 e. The second kappa shape index (κ2) is 5.31. The molecule has 7 nitrogen and oxygen atoms in total. The lowest BCUT2D eigenvalue weighted by atomic mass is 10.3. The number of pyridine rings is 1. The standard InChI is InChI=1S/C12H11FN4O3/c13-7-5-6(19-12(16)18)1-2-8(7)20-9-3-4-17-11(15)10(9)14/h1-5H,14H2,(H2,15,17)(H2,16,18). The zero-order valence-electron chi connectivity index (χ0n) is 10.2. The number of carbonyl (C=O) groups excluding carboxylic acids is 1. The highest BCUT2D eigenvalue weighted by Gasteiger charge is 2.11. The van der Waals surface area contributed by atoms with Gasteiger partial charge in [0.2, 0.25) is 0 Å². The van der Waals surface area contributed by atoms with Crippen LogP contribution in [0.25, 0.3) is 0 Å². The highest BCUT2D eigenvalue weighted by molar-refractivity contribution is 5.68. The van der Waals surface area contributed by atoms with Gasteiger partial charge in [-0.3, -0.25) is 0 Å². The van der Waals surface area contributed by atoms with Gasteiger partial charge in [-0.2, -0.15) is 0 Å². The molecule has 104 valence electrons. The van der Waals surface area contributed by atoms with Gasteiger partial charge >= 0.3 is 6.09 Å². The van der Waals surface area contributed by atoms with Crippen LogP contribution in [-0.2, 0) is 0 Å². The van der Waals surface area contributed by atoms with Crippen LogP contribution in [0.2, 0.25) is 0 Å². The van der Waals surface area contributed by atoms with Crippen molar-refractivity contribution >= 4 is 17.6 Å². The highest BCUT2D eigenvalue weighted by Crippen LogP contribution is 2.32. The lowest BCUT2D eigenvalue weighted by Gasteiger charge is -2.10. The van der Waals surface area contributed by atoms with Crippen molar-refractivity contribution in [3.05, 3.63) is 36.3 Å². The molecule has 0 unspecified atom stereocenters. The Morgan fingerprint density at radius 2 is 1.95 bits per heavy atom. The molecule has 6 N–H and O–H groups in total. The van der Waals surface area contributed by atoms with Crippen LogP contribution < -0.4 is 26.7 Å². The van der Waals surface area contributed by atoms with Crippen LogP contribution in [0.4, 0.5) is 20.7 Å². The van der Waals surface area contributed by atoms with E-state index in [1.165, 1.54) is 24.4 Å². The van der Waals surface area contributed by atoms with Crippen LogP contribution in [0, 0.1) is 5.82 Å². The number of nitrogen functional groups attached to an aromatic ring is 2. The minimum atomic E-state index is -1.04. The molecular formula is C12H11FN4O3. The Labute approximate surface area is 113 Å². The molecule has 0 aliphatic rings. The molecule has 0 fully saturated rings. The topological polar surface area (TPSA) is 126 Å². The van der Waals surface area contributed by atoms with Crippen LogP contribution in [-0.4, -0.2) is 11.1 Å². The van der Waals surface area contributed by atoms with E-state index in [0.717, 1.165) is 6.07 Å². The fourth-order valence-corrected chi connectivity index (χ4v) is 1.42. The Balaban J connectivity index is 2.26. The Hall–Kier alpha value is -3.03. The summed E-state index contributed by atoms with van der Waals surface area (Å²) in [6.45, 7) is 0. The van der Waals surface area contributed by atoms with Crippen molar-refractivity contribution in [2.75, 3.05) is 11.5 Å². The van der Waals surface area contributed by atoms with Gasteiger partial charge in [-0.15, -0.1) is 0 Å². The molecule has 1 aromatic carbocycles. The quantitative estimate of drug-likeness (QED) is 0.783. The Bertz CT molecular complexity index is 663. The van der Waals surface area contributed by atoms with E-state index >= 15 is 0 Å². The molecule has 0 aliphatic carbocycles. The zero-order valence-corrected chi connectivity index (χ0v) is 10.2. The maximum atomic E-state index is 13.8. The molecule has 0 saturated heterocycles. The van der Waals surface area contributed by atoms with E-state index in [0.29, 0.717) is 0 Å². The van der Waals surface area contributed by atoms with E-state index in [1.807, 2.05) is 0 Å². The van der Waals surface area contributed by atoms with E-state index in [1.54, 1.807) is 0 Å². The number of primary amides is 1. The number of nitrogens with two attached hydrogens (primary N) is 3. The van der Waals surface area contributed by atoms with E-state index < -0.39 is 11.9 Å². The SMILES string of the molecule is NC(=O)Oc1ccc(Oc2ccnc(N)c2N)c(F)c1. The monoisotopic (exact) mass is 278 g/mol. The van der Waals surface area contributed by atoms with E-state index in [9.17, 15) is 9.18 Å². The molecular weight excluding hydrogens is 267 g/mol. The van der Waals surface area contributed by atoms with Crippen LogP contribution in [0.5, 0.6) is 17.2 Å². The third kappa shape index (κ3) is 2.86. The van der Waals surface area contributed by atoms with Gasteiger partial charge in [0.05, 0.1) is 0 Å². The van der Waals surface area contributed by atoms with E-state index in [-0.39, 0.29) is 28.8 Å². The summed E-state index contributed by atoms with van der Waals surface area (Å²) < 4.78 is 23.6. The van der Waals surface area contributed by atoms with E-state index in [2.05, 4.69) is 9.72 Å². The molecule has 0 radical (unpaired) electrons. The molecule has 20 heavy (non-hydrogen) atoms. The summed E-state index contributed by atoms with van der Waals surface area (Å²) in [6, 6.07) is 4.99. The summed E-state index contributed by atoms with van der Waals surface area (Å²) in [6.07, 6.45) is 0.341. The van der Waals surface area contributed by atoms with Gasteiger partial charge in [0, 0.05) is 18.3 Å². The number of halogens is 1. The third-order valence-corrected chi connectivity index (χ3v) is 2.32. The first-order valence-electron chi connectivity index (χ1n) is 5.42. The van der Waals surface area contributed by atoms with Crippen molar-refractivity contribution in [2.24, 2.45) is 5.73 Å². The molecule has 1 aromatic heterocycles. The number of benzene rings is 1. The molecule has 0 bridgehead atoms. The summed E-state index contributed by atoms with van der Waals surface area (Å²) in [5.74, 6) is -0.654. The van der Waals surface area contributed by atoms with Gasteiger partial charge < -0.3 is 26.7 Å². The average molecular weight is 278 g/mol. The summed E-state index contributed by atoms with van der Waals surface area (Å²) in [4.78, 5) is 14.3. The molecule has 2 aromatic rings. The summed E-state index contributed by atoms with van der Waals surface area (Å²) in [5, 5.41) is 0. The van der Waals surface area contributed by atoms with Gasteiger partial charge in [0.15, 0.2) is 17.3 Å². The van der Waals surface area contributed by atoms with Crippen LogP contribution in [0.1, 0.15) is 0 Å².